The number of hydrogen-bond acceptors (Lipinski definition) is 3. The summed E-state index contributed by atoms with van der Waals surface area (Å²) in [5.74, 6) is 4.85. The Kier molecular flexibility index (Phi) is 4.29. The average molecular weight is 303 g/mol. The molecule has 1 aromatic rings. The first-order valence-electron chi connectivity index (χ1n) is 7.61. The molecule has 2 amide bonds. The molecule has 1 aromatic carbocycles. The molecule has 0 heterocycles. The third kappa shape index (κ3) is 2.61. The molecule has 1 fully saturated rings. The highest BCUT2D eigenvalue weighted by molar-refractivity contribution is 5.95. The van der Waals surface area contributed by atoms with Crippen LogP contribution in [0.5, 0.6) is 0 Å². The number of hydrogen-bond donors (Lipinski definition) is 3. The minimum Gasteiger partial charge on any atom is -0.326 e. The Bertz CT molecular complexity index is 580. The minimum absolute atomic E-state index is 0.0394. The van der Waals surface area contributed by atoms with Crippen LogP contribution in [0.2, 0.25) is 0 Å². The van der Waals surface area contributed by atoms with Crippen molar-refractivity contribution >= 4 is 17.5 Å². The SMILES string of the molecule is Cc1ccc(NC(=O)[C@@H]2CC[C@](C)(C(=O)NN)C2(C)C)cc1. The summed E-state index contributed by atoms with van der Waals surface area (Å²) < 4.78 is 0. The molecule has 5 heteroatoms. The largest absolute Gasteiger partial charge is 0.326 e. The van der Waals surface area contributed by atoms with E-state index in [0.717, 1.165) is 11.3 Å². The first kappa shape index (κ1) is 16.5. The van der Waals surface area contributed by atoms with E-state index in [9.17, 15) is 9.59 Å². The Morgan fingerprint density at radius 3 is 2.32 bits per heavy atom. The number of nitrogens with one attached hydrogen (secondary N) is 2. The Hall–Kier alpha value is -1.88. The molecule has 4 N–H and O–H groups in total. The molecule has 0 unspecified atom stereocenters. The molecule has 5 nitrogen and oxygen atoms in total. The van der Waals surface area contributed by atoms with Gasteiger partial charge in [-0.25, -0.2) is 5.84 Å². The number of carbonyl (C=O) groups excluding carboxylic acids is 2. The summed E-state index contributed by atoms with van der Waals surface area (Å²) in [5, 5.41) is 2.96. The second-order valence-electron chi connectivity index (χ2n) is 6.97. The maximum Gasteiger partial charge on any atom is 0.240 e. The highest BCUT2D eigenvalue weighted by atomic mass is 16.2. The van der Waals surface area contributed by atoms with E-state index in [-0.39, 0.29) is 17.7 Å². The zero-order valence-corrected chi connectivity index (χ0v) is 13.7. The highest BCUT2D eigenvalue weighted by Gasteiger charge is 2.57. The molecule has 0 radical (unpaired) electrons. The second-order valence-corrected chi connectivity index (χ2v) is 6.97. The summed E-state index contributed by atoms with van der Waals surface area (Å²) in [6.07, 6.45) is 1.32. The van der Waals surface area contributed by atoms with Crippen LogP contribution in [0.1, 0.15) is 39.2 Å². The molecule has 0 spiro atoms. The molecular weight excluding hydrogens is 278 g/mol. The number of nitrogens with two attached hydrogens (primary N) is 1. The van der Waals surface area contributed by atoms with Gasteiger partial charge in [0.25, 0.3) is 0 Å². The van der Waals surface area contributed by atoms with Gasteiger partial charge >= 0.3 is 0 Å². The monoisotopic (exact) mass is 303 g/mol. The predicted molar refractivity (Wildman–Crippen MR) is 86.8 cm³/mol. The number of amides is 2. The van der Waals surface area contributed by atoms with E-state index in [1.165, 1.54) is 0 Å². The smallest absolute Gasteiger partial charge is 0.240 e. The van der Waals surface area contributed by atoms with Gasteiger partial charge in [-0.05, 0) is 37.3 Å². The molecule has 1 aliphatic rings. The molecule has 2 atom stereocenters. The minimum atomic E-state index is -0.642. The van der Waals surface area contributed by atoms with Gasteiger partial charge < -0.3 is 5.32 Å². The zero-order chi connectivity index (χ0) is 16.5. The number of benzene rings is 1. The number of anilines is 1. The van der Waals surface area contributed by atoms with Crippen molar-refractivity contribution in [3.05, 3.63) is 29.8 Å². The standard InChI is InChI=1S/C17H25N3O2/c1-11-5-7-12(8-6-11)19-14(21)13-9-10-17(4,15(22)20-18)16(13,2)3/h5-8,13H,9-10,18H2,1-4H3,(H,19,21)(H,20,22)/t13-,17+/m0/s1. The molecule has 0 aromatic heterocycles. The highest BCUT2D eigenvalue weighted by Crippen LogP contribution is 2.56. The molecule has 1 aliphatic carbocycles. The van der Waals surface area contributed by atoms with E-state index >= 15 is 0 Å². The van der Waals surface area contributed by atoms with Crippen molar-refractivity contribution < 1.29 is 9.59 Å². The van der Waals surface area contributed by atoms with Crippen molar-refractivity contribution in [2.75, 3.05) is 5.32 Å². The van der Waals surface area contributed by atoms with Crippen LogP contribution in [-0.2, 0) is 9.59 Å². The van der Waals surface area contributed by atoms with Gasteiger partial charge in [0.1, 0.15) is 0 Å². The van der Waals surface area contributed by atoms with Crippen molar-refractivity contribution in [1.82, 2.24) is 5.43 Å². The summed E-state index contributed by atoms with van der Waals surface area (Å²) in [6, 6.07) is 7.70. The molecule has 0 bridgehead atoms. The lowest BCUT2D eigenvalue weighted by atomic mass is 9.65. The number of hydrazine groups is 1. The predicted octanol–water partition coefficient (Wildman–Crippen LogP) is 2.37. The number of carbonyl (C=O) groups is 2. The lowest BCUT2D eigenvalue weighted by molar-refractivity contribution is -0.137. The van der Waals surface area contributed by atoms with Gasteiger partial charge in [0.15, 0.2) is 0 Å². The van der Waals surface area contributed by atoms with E-state index < -0.39 is 10.8 Å². The van der Waals surface area contributed by atoms with Crippen LogP contribution in [0.15, 0.2) is 24.3 Å². The summed E-state index contributed by atoms with van der Waals surface area (Å²) in [5.41, 5.74) is 3.06. The Morgan fingerprint density at radius 2 is 1.77 bits per heavy atom. The first-order chi connectivity index (χ1) is 10.2. The lowest BCUT2D eigenvalue weighted by Gasteiger charge is -2.39. The third-order valence-electron chi connectivity index (χ3n) is 5.49. The van der Waals surface area contributed by atoms with Crippen molar-refractivity contribution in [3.8, 4) is 0 Å². The Labute approximate surface area is 131 Å². The van der Waals surface area contributed by atoms with Crippen LogP contribution < -0.4 is 16.6 Å². The van der Waals surface area contributed by atoms with Crippen molar-refractivity contribution in [3.63, 3.8) is 0 Å². The lowest BCUT2D eigenvalue weighted by Crippen LogP contribution is -2.50. The fraction of sp³-hybridized carbons (Fsp3) is 0.529. The summed E-state index contributed by atoms with van der Waals surface area (Å²) >= 11 is 0. The van der Waals surface area contributed by atoms with Gasteiger partial charge in [0.05, 0.1) is 5.41 Å². The van der Waals surface area contributed by atoms with Gasteiger partial charge in [-0.1, -0.05) is 38.5 Å². The van der Waals surface area contributed by atoms with Gasteiger partial charge in [0.2, 0.25) is 11.8 Å². The van der Waals surface area contributed by atoms with Crippen LogP contribution in [-0.4, -0.2) is 11.8 Å². The molecule has 22 heavy (non-hydrogen) atoms. The zero-order valence-electron chi connectivity index (χ0n) is 13.7. The summed E-state index contributed by atoms with van der Waals surface area (Å²) in [4.78, 5) is 24.8. The fourth-order valence-electron chi connectivity index (χ4n) is 3.39. The van der Waals surface area contributed by atoms with Crippen LogP contribution in [0, 0.1) is 23.7 Å². The van der Waals surface area contributed by atoms with Crippen LogP contribution in [0.25, 0.3) is 0 Å². The van der Waals surface area contributed by atoms with E-state index in [1.807, 2.05) is 52.0 Å². The first-order valence-corrected chi connectivity index (χ1v) is 7.61. The number of rotatable bonds is 3. The maximum atomic E-state index is 12.6. The van der Waals surface area contributed by atoms with Crippen molar-refractivity contribution in [2.24, 2.45) is 22.6 Å². The maximum absolute atomic E-state index is 12.6. The summed E-state index contributed by atoms with van der Waals surface area (Å²) in [6.45, 7) is 7.82. The van der Waals surface area contributed by atoms with Gasteiger partial charge in [-0.3, -0.25) is 15.0 Å². The van der Waals surface area contributed by atoms with Crippen LogP contribution >= 0.6 is 0 Å². The van der Waals surface area contributed by atoms with Crippen molar-refractivity contribution in [1.29, 1.82) is 0 Å². The fourth-order valence-corrected chi connectivity index (χ4v) is 3.39. The molecule has 2 rings (SSSR count). The van der Waals surface area contributed by atoms with Crippen molar-refractivity contribution in [2.45, 2.75) is 40.5 Å². The molecular formula is C17H25N3O2. The van der Waals surface area contributed by atoms with Crippen LogP contribution in [0.4, 0.5) is 5.69 Å². The van der Waals surface area contributed by atoms with E-state index in [0.29, 0.717) is 12.8 Å². The second kappa shape index (κ2) is 5.72. The van der Waals surface area contributed by atoms with E-state index in [4.69, 9.17) is 5.84 Å². The Morgan fingerprint density at radius 1 is 1.18 bits per heavy atom. The van der Waals surface area contributed by atoms with Gasteiger partial charge in [-0.15, -0.1) is 0 Å². The van der Waals surface area contributed by atoms with E-state index in [2.05, 4.69) is 10.7 Å². The molecule has 0 saturated heterocycles. The molecule has 0 aliphatic heterocycles. The normalized spacial score (nSPS) is 26.5. The molecule has 120 valence electrons. The average Bonchev–Trinajstić information content (AvgIpc) is 2.72. The topological polar surface area (TPSA) is 84.2 Å². The summed E-state index contributed by atoms with van der Waals surface area (Å²) in [7, 11) is 0. The molecule has 1 saturated carbocycles. The Balaban J connectivity index is 2.17. The van der Waals surface area contributed by atoms with Crippen LogP contribution in [0.3, 0.4) is 0 Å². The van der Waals surface area contributed by atoms with Gasteiger partial charge in [-0.2, -0.15) is 0 Å². The quantitative estimate of drug-likeness (QED) is 0.455. The van der Waals surface area contributed by atoms with Gasteiger partial charge in [0, 0.05) is 11.6 Å². The number of aryl methyl sites for hydroxylation is 1. The third-order valence-corrected chi connectivity index (χ3v) is 5.49. The van der Waals surface area contributed by atoms with E-state index in [1.54, 1.807) is 0 Å².